The van der Waals surface area contributed by atoms with E-state index in [1.54, 1.807) is 6.92 Å². The lowest BCUT2D eigenvalue weighted by Crippen LogP contribution is -1.96. The normalized spacial score (nSPS) is 12.9. The second kappa shape index (κ2) is 2.92. The van der Waals surface area contributed by atoms with Crippen molar-refractivity contribution in [1.82, 2.24) is 4.98 Å². The van der Waals surface area contributed by atoms with Crippen molar-refractivity contribution >= 4 is 17.6 Å². The van der Waals surface area contributed by atoms with Gasteiger partial charge in [0.2, 0.25) is 5.89 Å². The number of carboxylic acid groups (broad SMARTS) is 1. The Morgan fingerprint density at radius 3 is 2.82 bits per heavy atom. The molecule has 0 fully saturated rings. The van der Waals surface area contributed by atoms with Crippen LogP contribution >= 0.6 is 11.6 Å². The molecule has 0 radical (unpaired) electrons. The van der Waals surface area contributed by atoms with Gasteiger partial charge in [-0.15, -0.1) is 11.6 Å². The Kier molecular flexibility index (Phi) is 2.14. The fourth-order valence-electron chi connectivity index (χ4n) is 0.569. The van der Waals surface area contributed by atoms with Gasteiger partial charge in [0.15, 0.2) is 5.69 Å². The highest BCUT2D eigenvalue weighted by Gasteiger charge is 2.13. The van der Waals surface area contributed by atoms with E-state index in [4.69, 9.17) is 21.1 Å². The molecule has 0 saturated heterocycles. The van der Waals surface area contributed by atoms with Crippen molar-refractivity contribution < 1.29 is 14.3 Å². The van der Waals surface area contributed by atoms with Crippen LogP contribution in [0.15, 0.2) is 10.7 Å². The van der Waals surface area contributed by atoms with Gasteiger partial charge in [-0.3, -0.25) is 0 Å². The molecule has 1 rings (SSSR count). The number of halogens is 1. The zero-order chi connectivity index (χ0) is 8.43. The Hall–Kier alpha value is -1.03. The lowest BCUT2D eigenvalue weighted by atomic mass is 10.5. The Morgan fingerprint density at radius 1 is 1.91 bits per heavy atom. The number of carbonyl (C=O) groups is 1. The number of rotatable bonds is 2. The van der Waals surface area contributed by atoms with Gasteiger partial charge in [0.25, 0.3) is 0 Å². The first-order valence-electron chi connectivity index (χ1n) is 2.94. The first-order valence-corrected chi connectivity index (χ1v) is 3.37. The molecule has 0 saturated carbocycles. The smallest absolute Gasteiger partial charge is 0.357 e. The summed E-state index contributed by atoms with van der Waals surface area (Å²) in [4.78, 5) is 13.9. The van der Waals surface area contributed by atoms with Gasteiger partial charge in [0.1, 0.15) is 11.6 Å². The van der Waals surface area contributed by atoms with Crippen molar-refractivity contribution in [2.75, 3.05) is 0 Å². The topological polar surface area (TPSA) is 63.3 Å². The van der Waals surface area contributed by atoms with E-state index in [-0.39, 0.29) is 11.6 Å². The number of aromatic nitrogens is 1. The van der Waals surface area contributed by atoms with Crippen LogP contribution in [0.2, 0.25) is 0 Å². The number of carboxylic acids is 1. The maximum absolute atomic E-state index is 10.3. The van der Waals surface area contributed by atoms with E-state index in [1.807, 2.05) is 0 Å². The van der Waals surface area contributed by atoms with Crippen LogP contribution in [0.5, 0.6) is 0 Å². The van der Waals surface area contributed by atoms with Gasteiger partial charge in [0, 0.05) is 0 Å². The fourth-order valence-corrected chi connectivity index (χ4v) is 0.669. The zero-order valence-electron chi connectivity index (χ0n) is 5.74. The number of alkyl halides is 1. The molecule has 1 aromatic rings. The molecular weight excluding hydrogens is 170 g/mol. The van der Waals surface area contributed by atoms with Gasteiger partial charge in [-0.1, -0.05) is 0 Å². The molecule has 0 aliphatic heterocycles. The van der Waals surface area contributed by atoms with Gasteiger partial charge in [-0.05, 0) is 6.92 Å². The van der Waals surface area contributed by atoms with Gasteiger partial charge >= 0.3 is 5.97 Å². The maximum Gasteiger partial charge on any atom is 0.357 e. The summed E-state index contributed by atoms with van der Waals surface area (Å²) in [6.07, 6.45) is 1.07. The summed E-state index contributed by atoms with van der Waals surface area (Å²) >= 11 is 5.57. The van der Waals surface area contributed by atoms with Crippen LogP contribution < -0.4 is 0 Å². The minimum absolute atomic E-state index is 0.118. The Labute approximate surface area is 67.8 Å². The number of hydrogen-bond donors (Lipinski definition) is 1. The standard InChI is InChI=1S/C6H6ClNO3/c1-3(7)5-8-4(2-11-5)6(9)10/h2-3H,1H3,(H,9,10)/t3-/m1/s1. The molecule has 5 heteroatoms. The molecule has 1 atom stereocenters. The maximum atomic E-state index is 10.3. The molecule has 1 heterocycles. The third-order valence-corrected chi connectivity index (χ3v) is 1.27. The highest BCUT2D eigenvalue weighted by Crippen LogP contribution is 2.17. The van der Waals surface area contributed by atoms with Crippen LogP contribution in [0.3, 0.4) is 0 Å². The Balaban J connectivity index is 2.90. The Morgan fingerprint density at radius 2 is 2.55 bits per heavy atom. The summed E-state index contributed by atoms with van der Waals surface area (Å²) in [5.74, 6) is -0.888. The predicted molar refractivity (Wildman–Crippen MR) is 37.7 cm³/mol. The van der Waals surface area contributed by atoms with Crippen LogP contribution in [-0.2, 0) is 0 Å². The summed E-state index contributed by atoms with van der Waals surface area (Å²) in [6.45, 7) is 1.65. The van der Waals surface area contributed by atoms with E-state index < -0.39 is 11.3 Å². The van der Waals surface area contributed by atoms with E-state index in [9.17, 15) is 4.79 Å². The van der Waals surface area contributed by atoms with Crippen molar-refractivity contribution in [2.24, 2.45) is 0 Å². The molecule has 1 N–H and O–H groups in total. The molecule has 0 aromatic carbocycles. The van der Waals surface area contributed by atoms with Crippen molar-refractivity contribution in [3.05, 3.63) is 17.8 Å². The molecule has 0 amide bonds. The van der Waals surface area contributed by atoms with E-state index in [0.717, 1.165) is 6.26 Å². The summed E-state index contributed by atoms with van der Waals surface area (Å²) in [7, 11) is 0. The quantitative estimate of drug-likeness (QED) is 0.695. The molecule has 0 unspecified atom stereocenters. The third-order valence-electron chi connectivity index (χ3n) is 1.08. The second-order valence-corrected chi connectivity index (χ2v) is 2.65. The minimum atomic E-state index is -1.11. The van der Waals surface area contributed by atoms with Crippen LogP contribution in [0.4, 0.5) is 0 Å². The highest BCUT2D eigenvalue weighted by atomic mass is 35.5. The van der Waals surface area contributed by atoms with Crippen molar-refractivity contribution in [2.45, 2.75) is 12.3 Å². The zero-order valence-corrected chi connectivity index (χ0v) is 6.50. The fraction of sp³-hybridized carbons (Fsp3) is 0.333. The number of oxazole rings is 1. The first-order chi connectivity index (χ1) is 5.11. The number of aromatic carboxylic acids is 1. The van der Waals surface area contributed by atoms with Crippen LogP contribution in [0.1, 0.15) is 28.7 Å². The second-order valence-electron chi connectivity index (χ2n) is 1.99. The number of nitrogens with zero attached hydrogens (tertiary/aromatic N) is 1. The number of hydrogen-bond acceptors (Lipinski definition) is 3. The monoisotopic (exact) mass is 175 g/mol. The van der Waals surface area contributed by atoms with Gasteiger partial charge in [-0.2, -0.15) is 0 Å². The molecule has 0 aliphatic rings. The van der Waals surface area contributed by atoms with Gasteiger partial charge in [0.05, 0.1) is 0 Å². The van der Waals surface area contributed by atoms with E-state index in [2.05, 4.69) is 4.98 Å². The van der Waals surface area contributed by atoms with E-state index in [0.29, 0.717) is 0 Å². The van der Waals surface area contributed by atoms with Crippen molar-refractivity contribution in [3.8, 4) is 0 Å². The van der Waals surface area contributed by atoms with E-state index >= 15 is 0 Å². The third kappa shape index (κ3) is 1.71. The van der Waals surface area contributed by atoms with Gasteiger partial charge < -0.3 is 9.52 Å². The van der Waals surface area contributed by atoms with E-state index in [1.165, 1.54) is 0 Å². The lowest BCUT2D eigenvalue weighted by Gasteiger charge is -1.90. The molecule has 11 heavy (non-hydrogen) atoms. The predicted octanol–water partition coefficient (Wildman–Crippen LogP) is 1.67. The molecule has 0 spiro atoms. The molecule has 60 valence electrons. The van der Waals surface area contributed by atoms with Crippen LogP contribution in [0.25, 0.3) is 0 Å². The van der Waals surface area contributed by atoms with Crippen LogP contribution in [-0.4, -0.2) is 16.1 Å². The average Bonchev–Trinajstić information content (AvgIpc) is 2.33. The summed E-state index contributed by atoms with van der Waals surface area (Å²) in [6, 6.07) is 0. The molecule has 0 aliphatic carbocycles. The van der Waals surface area contributed by atoms with Crippen molar-refractivity contribution in [3.63, 3.8) is 0 Å². The summed E-state index contributed by atoms with van der Waals surface area (Å²) in [5.41, 5.74) is -0.118. The SMILES string of the molecule is C[C@@H](Cl)c1nc(C(=O)O)co1. The Bertz CT molecular complexity index is 269. The summed E-state index contributed by atoms with van der Waals surface area (Å²) in [5, 5.41) is 8.01. The van der Waals surface area contributed by atoms with Gasteiger partial charge in [-0.25, -0.2) is 9.78 Å². The first kappa shape index (κ1) is 8.07. The van der Waals surface area contributed by atoms with Crippen LogP contribution in [0, 0.1) is 0 Å². The minimum Gasteiger partial charge on any atom is -0.476 e. The molecule has 0 bridgehead atoms. The lowest BCUT2D eigenvalue weighted by molar-refractivity contribution is 0.0690. The largest absolute Gasteiger partial charge is 0.476 e. The summed E-state index contributed by atoms with van der Waals surface area (Å²) < 4.78 is 4.76. The molecule has 1 aromatic heterocycles. The van der Waals surface area contributed by atoms with Crippen molar-refractivity contribution in [1.29, 1.82) is 0 Å². The average molecular weight is 176 g/mol. The molecular formula is C6H6ClNO3. The molecule has 4 nitrogen and oxygen atoms in total. The highest BCUT2D eigenvalue weighted by molar-refractivity contribution is 6.20.